The predicted molar refractivity (Wildman–Crippen MR) is 151 cm³/mol. The van der Waals surface area contributed by atoms with Crippen LogP contribution in [0.3, 0.4) is 0 Å². The van der Waals surface area contributed by atoms with Crippen LogP contribution in [-0.2, 0) is 9.53 Å². The number of alkyl halides is 2. The van der Waals surface area contributed by atoms with Crippen LogP contribution in [0.2, 0.25) is 0 Å². The summed E-state index contributed by atoms with van der Waals surface area (Å²) in [6, 6.07) is 20.6. The highest BCUT2D eigenvalue weighted by molar-refractivity contribution is 6.35. The van der Waals surface area contributed by atoms with Gasteiger partial charge in [-0.1, -0.05) is 36.4 Å². The third-order valence-electron chi connectivity index (χ3n) is 6.55. The molecule has 2 aromatic heterocycles. The molecule has 1 aliphatic rings. The second-order valence-electron chi connectivity index (χ2n) is 9.26. The summed E-state index contributed by atoms with van der Waals surface area (Å²) in [6.45, 7) is 0. The molecule has 11 heteroatoms. The lowest BCUT2D eigenvalue weighted by Gasteiger charge is -2.09. The van der Waals surface area contributed by atoms with Gasteiger partial charge in [-0.15, -0.1) is 10.2 Å². The summed E-state index contributed by atoms with van der Waals surface area (Å²) in [5, 5.41) is 14.5. The summed E-state index contributed by atoms with van der Waals surface area (Å²) in [4.78, 5) is 30.5. The van der Waals surface area contributed by atoms with E-state index in [1.807, 2.05) is 42.5 Å². The molecule has 3 aromatic carbocycles. The molecular formula is C30H22F2N6O3. The Balaban J connectivity index is 1.21. The van der Waals surface area contributed by atoms with Crippen molar-refractivity contribution in [3.05, 3.63) is 101 Å². The molecule has 0 saturated heterocycles. The quantitative estimate of drug-likeness (QED) is 0.136. The SMILES string of the molecule is COC(=O)c1c[nH]c(/C=C2\C(=O)Nc3cc(Nc4cccc(-c5nnc(-c6cccc(C(F)F)c6)[nH]5)c4)ccc32)c1. The number of amides is 1. The molecule has 0 fully saturated rings. The van der Waals surface area contributed by atoms with Crippen LogP contribution in [-0.4, -0.2) is 39.2 Å². The number of halogens is 2. The number of H-pyrrole nitrogens is 2. The summed E-state index contributed by atoms with van der Waals surface area (Å²) in [7, 11) is 1.31. The highest BCUT2D eigenvalue weighted by Crippen LogP contribution is 2.36. The molecule has 9 nitrogen and oxygen atoms in total. The third-order valence-corrected chi connectivity index (χ3v) is 6.55. The zero-order chi connectivity index (χ0) is 28.5. The van der Waals surface area contributed by atoms with E-state index >= 15 is 0 Å². The Hall–Kier alpha value is -5.58. The molecule has 0 saturated carbocycles. The lowest BCUT2D eigenvalue weighted by molar-refractivity contribution is -0.110. The number of benzene rings is 3. The Morgan fingerprint density at radius 2 is 1.68 bits per heavy atom. The number of hydrogen-bond donors (Lipinski definition) is 4. The van der Waals surface area contributed by atoms with Crippen LogP contribution in [0.4, 0.5) is 25.8 Å². The second kappa shape index (κ2) is 10.5. The number of nitrogens with zero attached hydrogens (tertiary/aromatic N) is 2. The van der Waals surface area contributed by atoms with E-state index in [-0.39, 0.29) is 11.5 Å². The number of hydrogen-bond acceptors (Lipinski definition) is 6. The number of fused-ring (bicyclic) bond motifs is 1. The van der Waals surface area contributed by atoms with E-state index in [9.17, 15) is 18.4 Å². The third kappa shape index (κ3) is 5.20. The first-order chi connectivity index (χ1) is 19.9. The fourth-order valence-corrected chi connectivity index (χ4v) is 4.56. The summed E-state index contributed by atoms with van der Waals surface area (Å²) in [5.41, 5.74) is 5.49. The van der Waals surface area contributed by atoms with Gasteiger partial charge in [0.05, 0.1) is 23.9 Å². The van der Waals surface area contributed by atoms with E-state index in [2.05, 4.69) is 30.8 Å². The number of aromatic nitrogens is 4. The second-order valence-corrected chi connectivity index (χ2v) is 9.26. The van der Waals surface area contributed by atoms with E-state index in [1.54, 1.807) is 24.3 Å². The lowest BCUT2D eigenvalue weighted by atomic mass is 10.1. The number of carbonyl (C=O) groups is 2. The standard InChI is InChI=1S/C30H22F2N6O3/c1-41-30(40)19-12-22(33-15-19)13-24-23-9-8-21(14-25(23)35-29(24)39)34-20-7-3-6-18(11-20)28-36-27(37-38-28)17-5-2-4-16(10-17)26(31)32/h2-15,26,33-34H,1H3,(H,35,39)(H,36,37,38)/b24-13-. The normalized spacial score (nSPS) is 13.4. The van der Waals surface area contributed by atoms with E-state index in [0.717, 1.165) is 22.5 Å². The fourth-order valence-electron chi connectivity index (χ4n) is 4.56. The molecule has 1 aliphatic heterocycles. The largest absolute Gasteiger partial charge is 0.465 e. The molecule has 0 aliphatic carbocycles. The molecule has 0 spiro atoms. The van der Waals surface area contributed by atoms with Crippen LogP contribution in [0.1, 0.15) is 33.6 Å². The first-order valence-corrected chi connectivity index (χ1v) is 12.5. The van der Waals surface area contributed by atoms with Crippen molar-refractivity contribution >= 4 is 40.6 Å². The highest BCUT2D eigenvalue weighted by Gasteiger charge is 2.25. The van der Waals surface area contributed by atoms with Crippen molar-refractivity contribution in [1.29, 1.82) is 0 Å². The highest BCUT2D eigenvalue weighted by atomic mass is 19.3. The summed E-state index contributed by atoms with van der Waals surface area (Å²) in [5.74, 6) is 0.153. The monoisotopic (exact) mass is 552 g/mol. The van der Waals surface area contributed by atoms with Gasteiger partial charge in [0, 0.05) is 45.5 Å². The van der Waals surface area contributed by atoms with Gasteiger partial charge in [0.15, 0.2) is 11.6 Å². The van der Waals surface area contributed by atoms with Crippen molar-refractivity contribution in [3.63, 3.8) is 0 Å². The van der Waals surface area contributed by atoms with Crippen molar-refractivity contribution in [2.75, 3.05) is 17.7 Å². The van der Waals surface area contributed by atoms with Gasteiger partial charge in [-0.2, -0.15) is 0 Å². The van der Waals surface area contributed by atoms with Crippen LogP contribution in [0.5, 0.6) is 0 Å². The molecular weight excluding hydrogens is 530 g/mol. The number of anilines is 3. The number of methoxy groups -OCH3 is 1. The predicted octanol–water partition coefficient (Wildman–Crippen LogP) is 6.43. The van der Waals surface area contributed by atoms with Crippen LogP contribution < -0.4 is 10.6 Å². The molecule has 6 rings (SSSR count). The van der Waals surface area contributed by atoms with Crippen molar-refractivity contribution in [2.45, 2.75) is 6.43 Å². The van der Waals surface area contributed by atoms with Gasteiger partial charge in [-0.05, 0) is 42.5 Å². The van der Waals surface area contributed by atoms with E-state index in [4.69, 9.17) is 4.74 Å². The molecule has 1 amide bonds. The van der Waals surface area contributed by atoms with Crippen LogP contribution in [0.25, 0.3) is 34.4 Å². The maximum atomic E-state index is 13.1. The number of aromatic amines is 2. The topological polar surface area (TPSA) is 125 Å². The van der Waals surface area contributed by atoms with Gasteiger partial charge in [-0.25, -0.2) is 13.6 Å². The van der Waals surface area contributed by atoms with E-state index < -0.39 is 12.4 Å². The average Bonchev–Trinajstić information content (AvgIpc) is 3.73. The first-order valence-electron chi connectivity index (χ1n) is 12.5. The molecule has 0 atom stereocenters. The maximum Gasteiger partial charge on any atom is 0.339 e. The molecule has 0 unspecified atom stereocenters. The van der Waals surface area contributed by atoms with Crippen molar-refractivity contribution in [2.24, 2.45) is 0 Å². The molecule has 0 bridgehead atoms. The molecule has 3 heterocycles. The van der Waals surface area contributed by atoms with Gasteiger partial charge in [0.1, 0.15) is 0 Å². The summed E-state index contributed by atoms with van der Waals surface area (Å²) in [6.07, 6.45) is 0.632. The number of rotatable bonds is 7. The number of ether oxygens (including phenoxy) is 1. The Morgan fingerprint density at radius 1 is 0.951 bits per heavy atom. The molecule has 4 N–H and O–H groups in total. The molecule has 41 heavy (non-hydrogen) atoms. The Kier molecular flexibility index (Phi) is 6.60. The molecule has 5 aromatic rings. The van der Waals surface area contributed by atoms with E-state index in [0.29, 0.717) is 39.7 Å². The minimum absolute atomic E-state index is 0.0863. The smallest absolute Gasteiger partial charge is 0.339 e. The minimum atomic E-state index is -2.57. The zero-order valence-electron chi connectivity index (χ0n) is 21.5. The van der Waals surface area contributed by atoms with Crippen molar-refractivity contribution < 1.29 is 23.1 Å². The first kappa shape index (κ1) is 25.7. The minimum Gasteiger partial charge on any atom is -0.465 e. The molecule has 0 radical (unpaired) electrons. The van der Waals surface area contributed by atoms with Gasteiger partial charge in [0.25, 0.3) is 12.3 Å². The fraction of sp³-hybridized carbons (Fsp3) is 0.0667. The number of nitrogens with one attached hydrogen (secondary N) is 4. The maximum absolute atomic E-state index is 13.1. The van der Waals surface area contributed by atoms with Crippen molar-refractivity contribution in [1.82, 2.24) is 20.2 Å². The van der Waals surface area contributed by atoms with E-state index in [1.165, 1.54) is 25.4 Å². The zero-order valence-corrected chi connectivity index (χ0v) is 21.5. The van der Waals surface area contributed by atoms with Gasteiger partial charge in [0.2, 0.25) is 0 Å². The van der Waals surface area contributed by atoms with Crippen molar-refractivity contribution in [3.8, 4) is 22.8 Å². The van der Waals surface area contributed by atoms with Crippen LogP contribution >= 0.6 is 0 Å². The van der Waals surface area contributed by atoms with Crippen LogP contribution in [0.15, 0.2) is 79.0 Å². The summed E-state index contributed by atoms with van der Waals surface area (Å²) < 4.78 is 30.9. The van der Waals surface area contributed by atoms with Gasteiger partial charge < -0.3 is 25.3 Å². The Morgan fingerprint density at radius 3 is 2.44 bits per heavy atom. The molecule has 204 valence electrons. The van der Waals surface area contributed by atoms with Gasteiger partial charge >= 0.3 is 5.97 Å². The number of esters is 1. The average molecular weight is 553 g/mol. The number of carbonyl (C=O) groups excluding carboxylic acids is 2. The summed E-state index contributed by atoms with van der Waals surface area (Å²) >= 11 is 0. The van der Waals surface area contributed by atoms with Crippen LogP contribution in [0, 0.1) is 0 Å². The van der Waals surface area contributed by atoms with Gasteiger partial charge in [-0.3, -0.25) is 4.79 Å². The Labute approximate surface area is 232 Å². The lowest BCUT2D eigenvalue weighted by Crippen LogP contribution is -2.03. The Bertz CT molecular complexity index is 1820.